The number of hydrogen-bond donors (Lipinski definition) is 1. The van der Waals surface area contributed by atoms with Crippen molar-refractivity contribution in [1.82, 2.24) is 6.15 Å². The molecule has 0 aliphatic heterocycles. The minimum absolute atomic E-state index is 0. The van der Waals surface area contributed by atoms with Crippen molar-refractivity contribution >= 4 is 36.7 Å². The molecule has 20 N–H and O–H groups in total. The average Bonchev–Trinajstić information content (AvgIpc) is 2.05. The Morgan fingerprint density at radius 2 is 0.909 bits per heavy atom. The molecule has 0 aliphatic rings. The van der Waals surface area contributed by atoms with E-state index in [2.05, 4.69) is 18.3 Å². The minimum atomic E-state index is -2.23. The second-order valence-corrected chi connectivity index (χ2v) is 1.41. The Morgan fingerprint density at radius 3 is 1.14 bits per heavy atom. The second-order valence-electron chi connectivity index (χ2n) is 1.41. The Kier molecular flexibility index (Phi) is 161. The molecule has 0 aliphatic carbocycles. The number of hydrogen-bond acceptors (Lipinski definition) is 8. The molecule has 0 spiro atoms. The van der Waals surface area contributed by atoms with Crippen molar-refractivity contribution in [1.29, 1.82) is 0 Å². The van der Waals surface area contributed by atoms with Crippen molar-refractivity contribution in [2.45, 2.75) is 0 Å². The molecule has 0 saturated carbocycles. The van der Waals surface area contributed by atoms with Crippen LogP contribution in [0.2, 0.25) is 0 Å². The summed E-state index contributed by atoms with van der Waals surface area (Å²) in [6.07, 6.45) is 0. The van der Waals surface area contributed by atoms with Gasteiger partial charge in [-0.1, -0.05) is 0 Å². The molecule has 0 unspecified atom stereocenters. The summed E-state index contributed by atoms with van der Waals surface area (Å²) in [5.74, 6) is 0. The fourth-order valence-corrected chi connectivity index (χ4v) is 0.355. The third-order valence-corrected chi connectivity index (χ3v) is 0.722. The van der Waals surface area contributed by atoms with Gasteiger partial charge in [0.2, 0.25) is 0 Å². The van der Waals surface area contributed by atoms with Crippen LogP contribution in [0.1, 0.15) is 0 Å². The molecule has 22 heteroatoms. The maximum absolute atomic E-state index is 10.4. The summed E-state index contributed by atoms with van der Waals surface area (Å²) in [6, 6.07) is 0. The second kappa shape index (κ2) is 50.3. The summed E-state index contributed by atoms with van der Waals surface area (Å²) in [6.45, 7) is 0. The zero-order valence-electron chi connectivity index (χ0n) is 11.2. The molecule has 22 heavy (non-hydrogen) atoms. The van der Waals surface area contributed by atoms with Gasteiger partial charge in [0.05, 0.1) is 0 Å². The molecule has 0 heterocycles. The summed E-state index contributed by atoms with van der Waals surface area (Å²) in [5, 5.41) is 10.4. The van der Waals surface area contributed by atoms with Gasteiger partial charge < -0.3 is 50.0 Å². The Labute approximate surface area is 125 Å². The first kappa shape index (κ1) is 70.2. The predicted octanol–water partition coefficient (Wildman–Crippen LogP) is -9.94. The largest absolute Gasteiger partial charge is 0.369 e. The van der Waals surface area contributed by atoms with Crippen LogP contribution in [0.4, 0.5) is 0 Å². The molecule has 0 fully saturated rings. The van der Waals surface area contributed by atoms with Gasteiger partial charge in [0.15, 0.2) is 0 Å². The Hall–Kier alpha value is -1.32. The Bertz CT molecular complexity index is 168. The smallest absolute Gasteiger partial charge is 0.369 e. The van der Waals surface area contributed by atoms with E-state index in [4.69, 9.17) is 0 Å². The van der Waals surface area contributed by atoms with E-state index in [-0.39, 0.29) is 72.0 Å². The van der Waals surface area contributed by atoms with Gasteiger partial charge in [0.1, 0.15) is 0 Å². The first-order valence-corrected chi connectivity index (χ1v) is 2.83. The predicted molar refractivity (Wildman–Crippen MR) is 70.1 cm³/mol. The number of rotatable bonds is 8. The molecular formula is H20B5NO16. The first-order chi connectivity index (χ1) is 6.24. The molecule has 0 aromatic carbocycles. The fourth-order valence-electron chi connectivity index (χ4n) is 0.355. The topological polar surface area (TPSA) is 400 Å². The molecule has 0 saturated heterocycles. The maximum Gasteiger partial charge on any atom is -0.369 e. The number of quaternary nitrogens is 1. The van der Waals surface area contributed by atoms with E-state index in [0.29, 0.717) is 0 Å². The standard InChI is InChI=1S/B5O8.H3N.8H2O/c6-1-10-4(9)13-5(11-2-7)12-3-8;;;;;;;;;/h;1H3;8*1H2/q-1;;;;;;;;;/p+1. The molecule has 0 bridgehead atoms. The van der Waals surface area contributed by atoms with Crippen LogP contribution in [0.3, 0.4) is 0 Å². The van der Waals surface area contributed by atoms with Crippen LogP contribution in [0.5, 0.6) is 0 Å². The molecule has 0 rings (SSSR count). The van der Waals surface area contributed by atoms with Crippen molar-refractivity contribution in [3.8, 4) is 0 Å². The van der Waals surface area contributed by atoms with Crippen molar-refractivity contribution in [3.05, 3.63) is 0 Å². The van der Waals surface area contributed by atoms with Gasteiger partial charge in [-0.05, 0) is 0 Å². The van der Waals surface area contributed by atoms with E-state index < -0.39 is 14.6 Å². The fraction of sp³-hybridized carbons (Fsp3) is 0. The van der Waals surface area contributed by atoms with Crippen molar-refractivity contribution in [2.75, 3.05) is 0 Å². The first-order valence-electron chi connectivity index (χ1n) is 2.83. The molecule has 0 amide bonds. The Morgan fingerprint density at radius 1 is 0.636 bits per heavy atom. The van der Waals surface area contributed by atoms with E-state index in [9.17, 15) is 19.1 Å². The van der Waals surface area contributed by atoms with Crippen LogP contribution in [0, 0.1) is 0 Å². The van der Waals surface area contributed by atoms with Crippen LogP contribution in [0.15, 0.2) is 0 Å². The van der Waals surface area contributed by atoms with Crippen LogP contribution in [-0.2, 0) is 32.4 Å². The van der Waals surface area contributed by atoms with Crippen molar-refractivity contribution in [3.63, 3.8) is 0 Å². The third kappa shape index (κ3) is 42.8. The summed E-state index contributed by atoms with van der Waals surface area (Å²) in [4.78, 5) is 0. The molecule has 136 valence electrons. The minimum Gasteiger partial charge on any atom is -0.369 e. The molecular weight excluding hydrogens is 324 g/mol. The molecule has 0 radical (unpaired) electrons. The normalized spacial score (nSPS) is 4.23. The third-order valence-electron chi connectivity index (χ3n) is 0.722. The van der Waals surface area contributed by atoms with Gasteiger partial charge in [-0.25, -0.2) is 0 Å². The van der Waals surface area contributed by atoms with Crippen LogP contribution in [-0.4, -0.2) is 80.5 Å². The molecule has 0 aromatic heterocycles. The van der Waals surface area contributed by atoms with Crippen LogP contribution in [0.25, 0.3) is 0 Å². The summed E-state index contributed by atoms with van der Waals surface area (Å²) < 4.78 is 44.7. The monoisotopic (exact) mass is 345 g/mol. The van der Waals surface area contributed by atoms with E-state index in [0.717, 1.165) is 0 Å². The maximum atomic E-state index is 10.4. The SMILES string of the molecule is O.O.O.O.O.O.O.O.O=BOB([O-])OB(OB=O)OB=O.[NH4+]. The van der Waals surface area contributed by atoms with E-state index in [1.807, 2.05) is 0 Å². The summed E-state index contributed by atoms with van der Waals surface area (Å²) >= 11 is 0. The van der Waals surface area contributed by atoms with Gasteiger partial charge in [0.25, 0.3) is 0 Å². The van der Waals surface area contributed by atoms with Gasteiger partial charge in [-0.2, -0.15) is 0 Å². The zero-order valence-corrected chi connectivity index (χ0v) is 11.2. The van der Waals surface area contributed by atoms with E-state index in [1.165, 1.54) is 0 Å². The van der Waals surface area contributed by atoms with Gasteiger partial charge >= 0.3 is 74.1 Å². The zero-order chi connectivity index (χ0) is 10.1. The van der Waals surface area contributed by atoms with E-state index in [1.54, 1.807) is 0 Å². The van der Waals surface area contributed by atoms with Gasteiger partial charge in [-0.3, -0.25) is 0 Å². The van der Waals surface area contributed by atoms with Gasteiger partial charge in [0, 0.05) is 0 Å². The molecule has 17 nitrogen and oxygen atoms in total. The summed E-state index contributed by atoms with van der Waals surface area (Å²) in [7, 11) is -4.44. The molecule has 0 atom stereocenters. The Balaban J connectivity index is -0.0000000200. The van der Waals surface area contributed by atoms with Crippen LogP contribution < -0.4 is 11.2 Å². The van der Waals surface area contributed by atoms with E-state index >= 15 is 0 Å². The average molecular weight is 344 g/mol. The van der Waals surface area contributed by atoms with Crippen molar-refractivity contribution < 1.29 is 81.2 Å². The van der Waals surface area contributed by atoms with Crippen molar-refractivity contribution in [2.24, 2.45) is 0 Å². The van der Waals surface area contributed by atoms with Crippen LogP contribution >= 0.6 is 0 Å². The van der Waals surface area contributed by atoms with Gasteiger partial charge in [-0.15, -0.1) is 0 Å². The summed E-state index contributed by atoms with van der Waals surface area (Å²) in [5.41, 5.74) is 0. The molecule has 0 aromatic rings. The quantitative estimate of drug-likeness (QED) is 0.410.